The number of allylic oxidation sites excluding steroid dienone is 2. The molecule has 1 aromatic carbocycles. The Morgan fingerprint density at radius 3 is 2.91 bits per heavy atom. The molecule has 0 saturated carbocycles. The quantitative estimate of drug-likeness (QED) is 0.881. The zero-order chi connectivity index (χ0) is 16.1. The monoisotopic (exact) mass is 297 g/mol. The van der Waals surface area contributed by atoms with E-state index in [2.05, 4.69) is 9.98 Å². The second-order valence-corrected chi connectivity index (χ2v) is 4.97. The summed E-state index contributed by atoms with van der Waals surface area (Å²) in [6, 6.07) is 6.40. The van der Waals surface area contributed by atoms with E-state index in [1.54, 1.807) is 43.1 Å². The molecule has 0 bridgehead atoms. The van der Waals surface area contributed by atoms with Crippen LogP contribution in [0.3, 0.4) is 0 Å². The summed E-state index contributed by atoms with van der Waals surface area (Å²) in [5.41, 5.74) is 8.79. The van der Waals surface area contributed by atoms with Gasteiger partial charge >= 0.3 is 0 Å². The number of hydrogen-bond acceptors (Lipinski definition) is 4. The number of aromatic nitrogens is 2. The van der Waals surface area contributed by atoms with Crippen LogP contribution in [0.25, 0.3) is 0 Å². The summed E-state index contributed by atoms with van der Waals surface area (Å²) in [5, 5.41) is 8.80. The maximum atomic E-state index is 13.2. The lowest BCUT2D eigenvalue weighted by molar-refractivity contribution is 0.627. The van der Waals surface area contributed by atoms with Gasteiger partial charge in [0.1, 0.15) is 11.9 Å². The highest BCUT2D eigenvalue weighted by atomic mass is 19.1. The van der Waals surface area contributed by atoms with Crippen LogP contribution in [0.15, 0.2) is 47.5 Å². The lowest BCUT2D eigenvalue weighted by Gasteiger charge is -2.06. The van der Waals surface area contributed by atoms with Crippen molar-refractivity contribution in [1.29, 1.82) is 5.26 Å². The van der Waals surface area contributed by atoms with Crippen LogP contribution in [0.4, 0.5) is 10.1 Å². The van der Waals surface area contributed by atoms with E-state index < -0.39 is 0 Å². The fraction of sp³-hybridized carbons (Fsp3) is 0.188. The third-order valence-electron chi connectivity index (χ3n) is 2.91. The minimum Gasteiger partial charge on any atom is -0.402 e. The van der Waals surface area contributed by atoms with Gasteiger partial charge in [-0.1, -0.05) is 0 Å². The van der Waals surface area contributed by atoms with E-state index in [1.165, 1.54) is 12.1 Å². The average molecular weight is 297 g/mol. The lowest BCUT2D eigenvalue weighted by Crippen LogP contribution is -2.08. The van der Waals surface area contributed by atoms with E-state index in [9.17, 15) is 4.39 Å². The lowest BCUT2D eigenvalue weighted by atomic mass is 10.2. The number of nitrogens with two attached hydrogens (primary N) is 1. The van der Waals surface area contributed by atoms with Crippen LogP contribution in [-0.2, 0) is 6.54 Å². The number of imidazole rings is 1. The molecule has 0 spiro atoms. The molecule has 0 fully saturated rings. The van der Waals surface area contributed by atoms with Crippen LogP contribution in [0, 0.1) is 24.1 Å². The van der Waals surface area contributed by atoms with Crippen molar-refractivity contribution in [3.05, 3.63) is 59.6 Å². The van der Waals surface area contributed by atoms with Crippen LogP contribution < -0.4 is 5.73 Å². The summed E-state index contributed by atoms with van der Waals surface area (Å²) in [7, 11) is 0. The Morgan fingerprint density at radius 1 is 1.55 bits per heavy atom. The van der Waals surface area contributed by atoms with E-state index in [1.807, 2.05) is 6.07 Å². The highest BCUT2D eigenvalue weighted by molar-refractivity contribution is 5.97. The first-order valence-electron chi connectivity index (χ1n) is 6.67. The third kappa shape index (κ3) is 4.03. The molecule has 0 amide bonds. The number of rotatable bonds is 4. The molecule has 2 rings (SSSR count). The van der Waals surface area contributed by atoms with Gasteiger partial charge in [-0.25, -0.2) is 9.37 Å². The molecule has 112 valence electrons. The van der Waals surface area contributed by atoms with Gasteiger partial charge in [0.05, 0.1) is 24.3 Å². The van der Waals surface area contributed by atoms with Crippen molar-refractivity contribution in [2.24, 2.45) is 10.7 Å². The van der Waals surface area contributed by atoms with Crippen molar-refractivity contribution >= 4 is 11.4 Å². The van der Waals surface area contributed by atoms with Gasteiger partial charge in [0.2, 0.25) is 0 Å². The van der Waals surface area contributed by atoms with E-state index in [0.717, 1.165) is 5.56 Å². The Morgan fingerprint density at radius 2 is 2.32 bits per heavy atom. The minimum atomic E-state index is -0.295. The first-order chi connectivity index (χ1) is 10.5. The Kier molecular flexibility index (Phi) is 4.69. The summed E-state index contributed by atoms with van der Waals surface area (Å²) in [4.78, 5) is 8.48. The van der Waals surface area contributed by atoms with Crippen LogP contribution in [0.5, 0.6) is 0 Å². The highest BCUT2D eigenvalue weighted by Crippen LogP contribution is 2.20. The molecular formula is C16H16FN5. The smallest absolute Gasteiger partial charge is 0.158 e. The van der Waals surface area contributed by atoms with Crippen LogP contribution in [-0.4, -0.2) is 15.3 Å². The normalized spacial score (nSPS) is 12.3. The molecule has 0 atom stereocenters. The molecule has 22 heavy (non-hydrogen) atoms. The standard InChI is InChI=1S/C16H16FN5/c1-11-5-13(17)3-4-16(11)21-14(6-12(2)19)8-22-9-15(7-18)20-10-22/h3-6,9-10H,8,19H2,1-2H3. The Balaban J connectivity index is 2.35. The topological polar surface area (TPSA) is 80.0 Å². The van der Waals surface area contributed by atoms with Crippen LogP contribution >= 0.6 is 0 Å². The zero-order valence-corrected chi connectivity index (χ0v) is 12.4. The number of halogens is 1. The molecule has 6 heteroatoms. The first-order valence-corrected chi connectivity index (χ1v) is 6.67. The fourth-order valence-corrected chi connectivity index (χ4v) is 1.97. The SMILES string of the molecule is CC(N)=CC(Cn1cnc(C#N)c1)=Nc1ccc(F)cc1C. The number of aliphatic imine (C=N–C) groups is 1. The maximum absolute atomic E-state index is 13.2. The Bertz CT molecular complexity index is 776. The van der Waals surface area contributed by atoms with Crippen molar-refractivity contribution in [2.75, 3.05) is 0 Å². The fourth-order valence-electron chi connectivity index (χ4n) is 1.97. The largest absolute Gasteiger partial charge is 0.402 e. The number of aryl methyl sites for hydroxylation is 1. The maximum Gasteiger partial charge on any atom is 0.158 e. The molecule has 5 nitrogen and oxygen atoms in total. The van der Waals surface area contributed by atoms with E-state index >= 15 is 0 Å². The van der Waals surface area contributed by atoms with Crippen molar-refractivity contribution < 1.29 is 4.39 Å². The van der Waals surface area contributed by atoms with Gasteiger partial charge in [0.25, 0.3) is 0 Å². The van der Waals surface area contributed by atoms with E-state index in [-0.39, 0.29) is 5.82 Å². The molecule has 2 aromatic rings. The molecule has 0 radical (unpaired) electrons. The summed E-state index contributed by atoms with van der Waals surface area (Å²) in [6.07, 6.45) is 4.94. The van der Waals surface area contributed by atoms with Gasteiger partial charge in [-0.3, -0.25) is 4.99 Å². The Hall–Kier alpha value is -2.94. The van der Waals surface area contributed by atoms with Gasteiger partial charge in [-0.15, -0.1) is 0 Å². The summed E-state index contributed by atoms with van der Waals surface area (Å²) >= 11 is 0. The van der Waals surface area contributed by atoms with Crippen molar-refractivity contribution in [1.82, 2.24) is 9.55 Å². The molecule has 0 aliphatic heterocycles. The molecule has 1 heterocycles. The van der Waals surface area contributed by atoms with Crippen molar-refractivity contribution in [2.45, 2.75) is 20.4 Å². The summed E-state index contributed by atoms with van der Waals surface area (Å²) in [5.74, 6) is -0.295. The molecule has 1 aromatic heterocycles. The van der Waals surface area contributed by atoms with Gasteiger partial charge in [0.15, 0.2) is 5.69 Å². The minimum absolute atomic E-state index is 0.295. The number of benzene rings is 1. The number of nitrogens with zero attached hydrogens (tertiary/aromatic N) is 4. The number of hydrogen-bond donors (Lipinski definition) is 1. The molecule has 0 aliphatic carbocycles. The average Bonchev–Trinajstić information content (AvgIpc) is 2.89. The van der Waals surface area contributed by atoms with E-state index in [0.29, 0.717) is 29.3 Å². The first kappa shape index (κ1) is 15.4. The van der Waals surface area contributed by atoms with Gasteiger partial charge < -0.3 is 10.3 Å². The predicted octanol–water partition coefficient (Wildman–Crippen LogP) is 2.84. The summed E-state index contributed by atoms with van der Waals surface area (Å²) in [6.45, 7) is 3.98. The molecule has 0 saturated heterocycles. The molecule has 2 N–H and O–H groups in total. The summed E-state index contributed by atoms with van der Waals surface area (Å²) < 4.78 is 14.9. The molecular weight excluding hydrogens is 281 g/mol. The van der Waals surface area contributed by atoms with Crippen LogP contribution in [0.2, 0.25) is 0 Å². The van der Waals surface area contributed by atoms with Gasteiger partial charge in [-0.05, 0) is 43.7 Å². The van der Waals surface area contributed by atoms with Crippen molar-refractivity contribution in [3.63, 3.8) is 0 Å². The van der Waals surface area contributed by atoms with Crippen LogP contribution in [0.1, 0.15) is 18.2 Å². The van der Waals surface area contributed by atoms with Gasteiger partial charge in [0, 0.05) is 11.9 Å². The second-order valence-electron chi connectivity index (χ2n) is 4.97. The predicted molar refractivity (Wildman–Crippen MR) is 83.1 cm³/mol. The number of nitriles is 1. The third-order valence-corrected chi connectivity index (χ3v) is 2.91. The zero-order valence-electron chi connectivity index (χ0n) is 12.4. The van der Waals surface area contributed by atoms with Crippen molar-refractivity contribution in [3.8, 4) is 6.07 Å². The second kappa shape index (κ2) is 6.68. The highest BCUT2D eigenvalue weighted by Gasteiger charge is 2.04. The molecule has 0 aliphatic rings. The van der Waals surface area contributed by atoms with E-state index in [4.69, 9.17) is 11.0 Å². The molecule has 0 unspecified atom stereocenters. The van der Waals surface area contributed by atoms with Gasteiger partial charge in [-0.2, -0.15) is 5.26 Å². The Labute approximate surface area is 128 Å².